The lowest BCUT2D eigenvalue weighted by Crippen LogP contribution is -2.44. The third kappa shape index (κ3) is 6.30. The van der Waals surface area contributed by atoms with E-state index in [-0.39, 0.29) is 18.3 Å². The summed E-state index contributed by atoms with van der Waals surface area (Å²) >= 11 is 0. The summed E-state index contributed by atoms with van der Waals surface area (Å²) in [7, 11) is -1.60. The van der Waals surface area contributed by atoms with Crippen LogP contribution in [0, 0.1) is 5.82 Å². The first kappa shape index (κ1) is 19.1. The molecule has 0 saturated carbocycles. The molecular formula is C18H22BFN2O3. The second kappa shape index (κ2) is 9.32. The lowest BCUT2D eigenvalue weighted by atomic mass is 9.69. The van der Waals surface area contributed by atoms with E-state index in [2.05, 4.69) is 5.32 Å². The van der Waals surface area contributed by atoms with Gasteiger partial charge in [0.15, 0.2) is 0 Å². The monoisotopic (exact) mass is 344 g/mol. The van der Waals surface area contributed by atoms with Gasteiger partial charge in [0.2, 0.25) is 5.91 Å². The number of amides is 1. The van der Waals surface area contributed by atoms with Crippen LogP contribution in [0.25, 0.3) is 0 Å². The Morgan fingerprint density at radius 2 is 1.64 bits per heavy atom. The second-order valence-corrected chi connectivity index (χ2v) is 6.05. The van der Waals surface area contributed by atoms with Crippen LogP contribution in [0.5, 0.6) is 0 Å². The molecule has 2 aromatic rings. The third-order valence-corrected chi connectivity index (χ3v) is 4.01. The summed E-state index contributed by atoms with van der Waals surface area (Å²) in [6.45, 7) is 0.0658. The van der Waals surface area contributed by atoms with Gasteiger partial charge in [-0.25, -0.2) is 4.39 Å². The summed E-state index contributed by atoms with van der Waals surface area (Å²) in [5.41, 5.74) is 7.61. The van der Waals surface area contributed by atoms with Crippen molar-refractivity contribution in [2.45, 2.75) is 24.7 Å². The molecule has 0 saturated heterocycles. The molecule has 7 heteroatoms. The Bertz CT molecular complexity index is 668. The van der Waals surface area contributed by atoms with Gasteiger partial charge in [-0.2, -0.15) is 0 Å². The summed E-state index contributed by atoms with van der Waals surface area (Å²) in [4.78, 5) is 12.1. The maximum absolute atomic E-state index is 12.9. The van der Waals surface area contributed by atoms with Crippen molar-refractivity contribution in [2.75, 3.05) is 6.54 Å². The van der Waals surface area contributed by atoms with Crippen LogP contribution in [0.2, 0.25) is 5.82 Å². The number of carbonyl (C=O) groups is 1. The first-order valence-corrected chi connectivity index (χ1v) is 8.13. The normalized spacial score (nSPS) is 13.1. The molecule has 2 rings (SSSR count). The fraction of sp³-hybridized carbons (Fsp3) is 0.278. The smallest absolute Gasteiger partial charge is 0.427 e. The molecule has 2 atom stereocenters. The molecule has 132 valence electrons. The number of hydrogen-bond acceptors (Lipinski definition) is 4. The van der Waals surface area contributed by atoms with E-state index in [0.717, 1.165) is 11.1 Å². The second-order valence-electron chi connectivity index (χ2n) is 6.05. The number of nitrogens with one attached hydrogen (secondary N) is 1. The summed E-state index contributed by atoms with van der Waals surface area (Å²) in [6.07, 6.45) is 0.698. The van der Waals surface area contributed by atoms with E-state index in [1.807, 2.05) is 30.3 Å². The van der Waals surface area contributed by atoms with Gasteiger partial charge in [-0.1, -0.05) is 42.5 Å². The first-order valence-electron chi connectivity index (χ1n) is 8.13. The highest BCUT2D eigenvalue weighted by molar-refractivity contribution is 6.43. The Morgan fingerprint density at radius 3 is 2.24 bits per heavy atom. The molecule has 0 heterocycles. The third-order valence-electron chi connectivity index (χ3n) is 4.01. The molecule has 0 spiro atoms. The molecule has 1 unspecified atom stereocenters. The van der Waals surface area contributed by atoms with Crippen LogP contribution in [0.4, 0.5) is 4.39 Å². The van der Waals surface area contributed by atoms with Gasteiger partial charge in [0.1, 0.15) is 5.82 Å². The molecule has 1 amide bonds. The van der Waals surface area contributed by atoms with E-state index in [0.29, 0.717) is 12.8 Å². The van der Waals surface area contributed by atoms with Gasteiger partial charge in [0.05, 0.1) is 6.04 Å². The summed E-state index contributed by atoms with van der Waals surface area (Å²) in [5, 5.41) is 21.7. The number of nitrogens with two attached hydrogens (primary N) is 1. The van der Waals surface area contributed by atoms with Gasteiger partial charge in [-0.3, -0.25) is 4.79 Å². The van der Waals surface area contributed by atoms with Gasteiger partial charge < -0.3 is 21.1 Å². The van der Waals surface area contributed by atoms with Crippen molar-refractivity contribution in [3.8, 4) is 0 Å². The predicted octanol–water partition coefficient (Wildman–Crippen LogP) is 0.897. The van der Waals surface area contributed by atoms with Gasteiger partial charge in [-0.05, 0) is 36.1 Å². The van der Waals surface area contributed by atoms with E-state index in [4.69, 9.17) is 5.73 Å². The highest BCUT2D eigenvalue weighted by Crippen LogP contribution is 2.15. The summed E-state index contributed by atoms with van der Waals surface area (Å²) in [6, 6.07) is 14.5. The molecule has 5 nitrogen and oxygen atoms in total. The minimum Gasteiger partial charge on any atom is -0.427 e. The zero-order valence-corrected chi connectivity index (χ0v) is 13.8. The Balaban J connectivity index is 1.87. The number of benzene rings is 2. The Morgan fingerprint density at radius 1 is 1.04 bits per heavy atom. The van der Waals surface area contributed by atoms with Gasteiger partial charge in [-0.15, -0.1) is 0 Å². The molecule has 0 aliphatic rings. The molecule has 0 aliphatic heterocycles. The molecule has 2 aromatic carbocycles. The average Bonchev–Trinajstić information content (AvgIpc) is 2.60. The van der Waals surface area contributed by atoms with Gasteiger partial charge in [0, 0.05) is 12.4 Å². The molecule has 0 radical (unpaired) electrons. The van der Waals surface area contributed by atoms with Crippen LogP contribution in [0.3, 0.4) is 0 Å². The molecule has 0 aliphatic carbocycles. The van der Waals surface area contributed by atoms with E-state index in [1.165, 1.54) is 12.1 Å². The average molecular weight is 344 g/mol. The Hall–Kier alpha value is -2.22. The van der Waals surface area contributed by atoms with Crippen molar-refractivity contribution in [1.29, 1.82) is 0 Å². The molecule has 0 aromatic heterocycles. The fourth-order valence-electron chi connectivity index (χ4n) is 2.53. The van der Waals surface area contributed by atoms with Crippen LogP contribution in [0.15, 0.2) is 54.6 Å². The number of halogens is 1. The maximum Gasteiger partial charge on any atom is 0.456 e. The van der Waals surface area contributed by atoms with E-state index in [1.54, 1.807) is 12.1 Å². The van der Waals surface area contributed by atoms with Crippen molar-refractivity contribution in [3.05, 3.63) is 71.5 Å². The van der Waals surface area contributed by atoms with E-state index in [9.17, 15) is 19.2 Å². The van der Waals surface area contributed by atoms with Crippen molar-refractivity contribution in [1.82, 2.24) is 5.32 Å². The van der Waals surface area contributed by atoms with Crippen molar-refractivity contribution >= 4 is 13.0 Å². The maximum atomic E-state index is 12.9. The predicted molar refractivity (Wildman–Crippen MR) is 95.2 cm³/mol. The summed E-state index contributed by atoms with van der Waals surface area (Å²) in [5.74, 6) is -1.32. The van der Waals surface area contributed by atoms with Gasteiger partial charge >= 0.3 is 7.12 Å². The Labute approximate surface area is 146 Å². The molecular weight excluding hydrogens is 322 g/mol. The van der Waals surface area contributed by atoms with E-state index < -0.39 is 19.0 Å². The van der Waals surface area contributed by atoms with Crippen LogP contribution in [-0.2, 0) is 17.6 Å². The molecule has 25 heavy (non-hydrogen) atoms. The number of carbonyl (C=O) groups excluding carboxylic acids is 1. The summed E-state index contributed by atoms with van der Waals surface area (Å²) < 4.78 is 12.9. The van der Waals surface area contributed by atoms with Crippen LogP contribution < -0.4 is 11.1 Å². The van der Waals surface area contributed by atoms with Crippen LogP contribution >= 0.6 is 0 Å². The van der Waals surface area contributed by atoms with Crippen LogP contribution in [-0.4, -0.2) is 35.7 Å². The quantitative estimate of drug-likeness (QED) is 0.535. The molecule has 0 bridgehead atoms. The highest BCUT2D eigenvalue weighted by atomic mass is 19.1. The highest BCUT2D eigenvalue weighted by Gasteiger charge is 2.25. The number of hydrogen-bond donors (Lipinski definition) is 4. The van der Waals surface area contributed by atoms with E-state index >= 15 is 0 Å². The lowest BCUT2D eigenvalue weighted by molar-refractivity contribution is -0.122. The van der Waals surface area contributed by atoms with Crippen LogP contribution in [0.1, 0.15) is 11.1 Å². The fourth-order valence-corrected chi connectivity index (χ4v) is 2.53. The number of rotatable bonds is 8. The van der Waals surface area contributed by atoms with Gasteiger partial charge in [0.25, 0.3) is 0 Å². The van der Waals surface area contributed by atoms with Crippen molar-refractivity contribution in [2.24, 2.45) is 5.73 Å². The lowest BCUT2D eigenvalue weighted by Gasteiger charge is -2.18. The van der Waals surface area contributed by atoms with Crippen molar-refractivity contribution < 1.29 is 19.2 Å². The standard InChI is InChI=1S/C18H22BFN2O3/c20-16-8-6-14(7-9-16)10-15(19(24)25)12-22-18(23)17(21)11-13-4-2-1-3-5-13/h1-9,15,17,24-25H,10-12,21H2,(H,22,23)/t15?,17-/m0/s1. The molecule has 5 N–H and O–H groups in total. The Kier molecular flexibility index (Phi) is 7.12. The first-order chi connectivity index (χ1) is 12.0. The minimum atomic E-state index is -1.60. The topological polar surface area (TPSA) is 95.6 Å². The largest absolute Gasteiger partial charge is 0.456 e. The minimum absolute atomic E-state index is 0.0658. The SMILES string of the molecule is N[C@@H](Cc1ccccc1)C(=O)NCC(Cc1ccc(F)cc1)B(O)O. The van der Waals surface area contributed by atoms with Crippen molar-refractivity contribution in [3.63, 3.8) is 0 Å². The zero-order valence-electron chi connectivity index (χ0n) is 13.8. The zero-order chi connectivity index (χ0) is 18.2. The molecule has 0 fully saturated rings.